The van der Waals surface area contributed by atoms with Gasteiger partial charge >= 0.3 is 12.1 Å². The van der Waals surface area contributed by atoms with Gasteiger partial charge in [0.2, 0.25) is 5.29 Å². The molecule has 2 N–H and O–H groups in total. The number of carboxylic acids is 1. The lowest BCUT2D eigenvalue weighted by atomic mass is 10.2. The highest BCUT2D eigenvalue weighted by Crippen LogP contribution is 2.25. The molecule has 0 aliphatic carbocycles. The molecule has 0 saturated carbocycles. The van der Waals surface area contributed by atoms with Crippen LogP contribution >= 0.6 is 11.6 Å². The van der Waals surface area contributed by atoms with Gasteiger partial charge in [-0.3, -0.25) is 0 Å². The van der Waals surface area contributed by atoms with E-state index in [1.165, 1.54) is 10.6 Å². The second-order valence-corrected chi connectivity index (χ2v) is 6.30. The molecule has 0 saturated heterocycles. The summed E-state index contributed by atoms with van der Waals surface area (Å²) in [4.78, 5) is 30.6. The number of carboxylic acid groups (broad SMARTS) is 1. The number of nitrogens with one attached hydrogen (secondary N) is 1. The van der Waals surface area contributed by atoms with Gasteiger partial charge in [-0.1, -0.05) is 0 Å². The smallest absolute Gasteiger partial charge is 0.407 e. The van der Waals surface area contributed by atoms with Gasteiger partial charge < -0.3 is 19.7 Å². The number of ether oxygens (including phenoxy) is 1. The normalized spacial score (nSPS) is 12.0. The molecule has 1 amide bonds. The van der Waals surface area contributed by atoms with E-state index in [2.05, 4.69) is 22.0 Å². The van der Waals surface area contributed by atoms with E-state index < -0.39 is 17.7 Å². The maximum Gasteiger partial charge on any atom is 0.407 e. The van der Waals surface area contributed by atoms with Gasteiger partial charge in [-0.25, -0.2) is 19.6 Å². The van der Waals surface area contributed by atoms with E-state index >= 15 is 0 Å². The summed E-state index contributed by atoms with van der Waals surface area (Å²) in [6, 6.07) is 1.47. The maximum absolute atomic E-state index is 11.7. The molecule has 0 fully saturated rings. The number of nitrogens with zero attached hydrogens (tertiary/aromatic N) is 3. The molecular weight excluding hydrogens is 336 g/mol. The fraction of sp³-hybridized carbons (Fsp3) is 0.467. The van der Waals surface area contributed by atoms with Crippen LogP contribution in [0.15, 0.2) is 16.1 Å². The molecule has 0 aromatic carbocycles. The summed E-state index contributed by atoms with van der Waals surface area (Å²) in [5, 5.41) is 11.8. The molecular formula is C15H21ClN4O4. The van der Waals surface area contributed by atoms with Crippen molar-refractivity contribution in [3.8, 4) is 0 Å². The van der Waals surface area contributed by atoms with Gasteiger partial charge in [0.25, 0.3) is 0 Å². The van der Waals surface area contributed by atoms with Gasteiger partial charge in [-0.2, -0.15) is 0 Å². The van der Waals surface area contributed by atoms with Crippen LogP contribution in [0.25, 0.3) is 0 Å². The Morgan fingerprint density at radius 2 is 2.08 bits per heavy atom. The molecule has 0 unspecified atom stereocenters. The predicted octanol–water partition coefficient (Wildman–Crippen LogP) is 2.95. The predicted molar refractivity (Wildman–Crippen MR) is 92.9 cm³/mol. The Bertz CT molecular complexity index is 674. The number of alkyl carbamates (subject to hydrolysis) is 1. The maximum atomic E-state index is 11.7. The molecule has 8 nitrogen and oxygen atoms in total. The molecule has 0 bridgehead atoms. The zero-order valence-corrected chi connectivity index (χ0v) is 14.8. The third-order valence-corrected chi connectivity index (χ3v) is 3.01. The van der Waals surface area contributed by atoms with E-state index in [4.69, 9.17) is 16.3 Å². The zero-order valence-electron chi connectivity index (χ0n) is 14.1. The van der Waals surface area contributed by atoms with E-state index in [9.17, 15) is 14.7 Å². The van der Waals surface area contributed by atoms with Crippen LogP contribution in [0.4, 0.5) is 10.6 Å². The number of carbonyl (C=O) groups is 2. The first kappa shape index (κ1) is 19.7. The average molecular weight is 357 g/mol. The highest BCUT2D eigenvalue weighted by atomic mass is 35.5. The van der Waals surface area contributed by atoms with Crippen molar-refractivity contribution >= 4 is 41.5 Å². The number of halogens is 1. The first-order valence-corrected chi connectivity index (χ1v) is 7.54. The van der Waals surface area contributed by atoms with Crippen LogP contribution in [-0.4, -0.2) is 45.9 Å². The Kier molecular flexibility index (Phi) is 6.53. The van der Waals surface area contributed by atoms with Gasteiger partial charge in [-0.05, 0) is 57.6 Å². The summed E-state index contributed by atoms with van der Waals surface area (Å²) in [7, 11) is 0. The van der Waals surface area contributed by atoms with Gasteiger partial charge in [0.1, 0.15) is 17.1 Å². The first-order valence-electron chi connectivity index (χ1n) is 7.16. The summed E-state index contributed by atoms with van der Waals surface area (Å²) in [6.07, 6.45) is -0.584. The number of carbonyl (C=O) groups excluding carboxylic acids is 1. The fourth-order valence-corrected chi connectivity index (χ4v) is 2.01. The lowest BCUT2D eigenvalue weighted by Crippen LogP contribution is -2.34. The Hall–Kier alpha value is -2.35. The van der Waals surface area contributed by atoms with Crippen molar-refractivity contribution in [2.45, 2.75) is 39.8 Å². The quantitative estimate of drug-likeness (QED) is 0.480. The summed E-state index contributed by atoms with van der Waals surface area (Å²) >= 11 is 5.76. The average Bonchev–Trinajstić information content (AvgIpc) is 2.74. The molecule has 0 radical (unpaired) electrons. The Balaban J connectivity index is 2.95. The molecule has 0 aliphatic heterocycles. The highest BCUT2D eigenvalue weighted by Gasteiger charge is 2.19. The van der Waals surface area contributed by atoms with Gasteiger partial charge in [0, 0.05) is 13.1 Å². The summed E-state index contributed by atoms with van der Waals surface area (Å²) in [5.41, 5.74) is 0.0381. The van der Waals surface area contributed by atoms with Crippen LogP contribution in [0.5, 0.6) is 0 Å². The van der Waals surface area contributed by atoms with Crippen LogP contribution in [0.1, 0.15) is 36.8 Å². The Labute approximate surface area is 145 Å². The second kappa shape index (κ2) is 7.96. The van der Waals surface area contributed by atoms with Crippen molar-refractivity contribution in [3.63, 3.8) is 0 Å². The zero-order chi connectivity index (χ0) is 18.5. The molecule has 0 aliphatic rings. The Morgan fingerprint density at radius 3 is 2.58 bits per heavy atom. The molecule has 1 rings (SSSR count). The first-order chi connectivity index (χ1) is 11.0. The number of rotatable bonds is 5. The molecule has 1 heterocycles. The van der Waals surface area contributed by atoms with Crippen LogP contribution < -0.4 is 5.32 Å². The summed E-state index contributed by atoms with van der Waals surface area (Å²) in [5.74, 6) is -0.768. The van der Waals surface area contributed by atoms with Crippen LogP contribution in [-0.2, 0) is 11.3 Å². The third kappa shape index (κ3) is 5.69. The standard InChI is InChI=1S/C15H21ClN4O4/c1-9-8-10(12(21)22)20(11(9)19-13(16)17-5)7-6-18-14(23)24-15(2,3)4/h8H,5-7H2,1-4H3,(H,18,23)(H,21,22)/b19-13-. The second-order valence-electron chi connectivity index (χ2n) is 5.96. The number of aliphatic imine (C=N–C) groups is 2. The minimum Gasteiger partial charge on any atom is -0.477 e. The fourth-order valence-electron chi connectivity index (χ4n) is 1.93. The molecule has 1 aromatic heterocycles. The van der Waals surface area contributed by atoms with Crippen molar-refractivity contribution in [1.82, 2.24) is 9.88 Å². The van der Waals surface area contributed by atoms with Crippen molar-refractivity contribution < 1.29 is 19.4 Å². The van der Waals surface area contributed by atoms with E-state index in [0.717, 1.165) is 0 Å². The van der Waals surface area contributed by atoms with Crippen molar-refractivity contribution in [2.75, 3.05) is 6.54 Å². The highest BCUT2D eigenvalue weighted by molar-refractivity contribution is 6.65. The lowest BCUT2D eigenvalue weighted by molar-refractivity contribution is 0.0526. The summed E-state index contributed by atoms with van der Waals surface area (Å²) in [6.45, 7) is 10.6. The number of amidine groups is 1. The van der Waals surface area contributed by atoms with Crippen molar-refractivity contribution in [3.05, 3.63) is 17.3 Å². The molecule has 132 valence electrons. The molecule has 9 heteroatoms. The van der Waals surface area contributed by atoms with E-state index in [1.807, 2.05) is 0 Å². The third-order valence-electron chi connectivity index (χ3n) is 2.80. The van der Waals surface area contributed by atoms with Crippen molar-refractivity contribution in [1.29, 1.82) is 0 Å². The van der Waals surface area contributed by atoms with Crippen LogP contribution in [0.2, 0.25) is 0 Å². The minimum atomic E-state index is -1.11. The van der Waals surface area contributed by atoms with Crippen LogP contribution in [0, 0.1) is 6.92 Å². The summed E-state index contributed by atoms with van der Waals surface area (Å²) < 4.78 is 6.56. The Morgan fingerprint density at radius 1 is 1.46 bits per heavy atom. The molecule has 1 aromatic rings. The number of hydrogen-bond donors (Lipinski definition) is 2. The number of aromatic carboxylic acids is 1. The largest absolute Gasteiger partial charge is 0.477 e. The number of aryl methyl sites for hydroxylation is 1. The lowest BCUT2D eigenvalue weighted by Gasteiger charge is -2.20. The molecule has 0 atom stereocenters. The molecule has 0 spiro atoms. The number of amides is 1. The van der Waals surface area contributed by atoms with Crippen LogP contribution in [0.3, 0.4) is 0 Å². The number of hydrogen-bond acceptors (Lipinski definition) is 4. The molecule has 24 heavy (non-hydrogen) atoms. The van der Waals surface area contributed by atoms with E-state index in [1.54, 1.807) is 27.7 Å². The van der Waals surface area contributed by atoms with Gasteiger partial charge in [0.05, 0.1) is 0 Å². The van der Waals surface area contributed by atoms with E-state index in [0.29, 0.717) is 11.4 Å². The monoisotopic (exact) mass is 356 g/mol. The van der Waals surface area contributed by atoms with E-state index in [-0.39, 0.29) is 24.1 Å². The topological polar surface area (TPSA) is 105 Å². The van der Waals surface area contributed by atoms with Gasteiger partial charge in [0.15, 0.2) is 0 Å². The van der Waals surface area contributed by atoms with Crippen molar-refractivity contribution in [2.24, 2.45) is 9.98 Å². The van der Waals surface area contributed by atoms with Gasteiger partial charge in [-0.15, -0.1) is 0 Å². The SMILES string of the molecule is C=N/C(Cl)=N\c1c(C)cc(C(=O)O)n1CCNC(=O)OC(C)(C)C. The minimum absolute atomic E-state index is 0.0331. The number of aromatic nitrogens is 1.